The average molecular weight is 412 g/mol. The summed E-state index contributed by atoms with van der Waals surface area (Å²) in [6.45, 7) is 4.22. The number of aryl methyl sites for hydroxylation is 2. The molecule has 2 aromatic carbocycles. The van der Waals surface area contributed by atoms with Gasteiger partial charge in [-0.05, 0) is 31.0 Å². The van der Waals surface area contributed by atoms with Crippen molar-refractivity contribution >= 4 is 17.7 Å². The van der Waals surface area contributed by atoms with Crippen molar-refractivity contribution < 1.29 is 9.53 Å². The molecule has 29 heavy (non-hydrogen) atoms. The minimum absolute atomic E-state index is 0.0442. The van der Waals surface area contributed by atoms with Crippen LogP contribution < -0.4 is 10.6 Å². The van der Waals surface area contributed by atoms with Crippen molar-refractivity contribution in [2.75, 3.05) is 19.9 Å². The SMILES string of the molecule is Cc1ccc(OCc2nnc(S[C@@H](C(=O)N(C)C)c3ccccc3)n2N)c(C)c1. The maximum absolute atomic E-state index is 12.7. The van der Waals surface area contributed by atoms with Crippen LogP contribution in [0.1, 0.15) is 27.8 Å². The summed E-state index contributed by atoms with van der Waals surface area (Å²) in [5.41, 5.74) is 3.10. The maximum atomic E-state index is 12.7. The third kappa shape index (κ3) is 4.89. The van der Waals surface area contributed by atoms with Crippen LogP contribution in [0.5, 0.6) is 5.75 Å². The van der Waals surface area contributed by atoms with Crippen molar-refractivity contribution in [1.82, 2.24) is 19.8 Å². The van der Waals surface area contributed by atoms with Crippen LogP contribution in [0.4, 0.5) is 0 Å². The number of amides is 1. The molecule has 0 fully saturated rings. The highest BCUT2D eigenvalue weighted by atomic mass is 32.2. The highest BCUT2D eigenvalue weighted by molar-refractivity contribution is 8.00. The van der Waals surface area contributed by atoms with Crippen LogP contribution in [0.25, 0.3) is 0 Å². The van der Waals surface area contributed by atoms with E-state index in [1.807, 2.05) is 56.3 Å². The molecule has 7 nitrogen and oxygen atoms in total. The summed E-state index contributed by atoms with van der Waals surface area (Å²) in [6, 6.07) is 15.5. The van der Waals surface area contributed by atoms with Crippen LogP contribution in [-0.2, 0) is 11.4 Å². The highest BCUT2D eigenvalue weighted by Crippen LogP contribution is 2.35. The first-order chi connectivity index (χ1) is 13.9. The number of nitrogen functional groups attached to an aromatic ring is 1. The maximum Gasteiger partial charge on any atom is 0.240 e. The van der Waals surface area contributed by atoms with Crippen LogP contribution >= 0.6 is 11.8 Å². The van der Waals surface area contributed by atoms with E-state index in [0.29, 0.717) is 11.0 Å². The van der Waals surface area contributed by atoms with Gasteiger partial charge in [-0.15, -0.1) is 10.2 Å². The lowest BCUT2D eigenvalue weighted by atomic mass is 10.1. The Morgan fingerprint density at radius 3 is 2.55 bits per heavy atom. The Kier molecular flexibility index (Phi) is 6.43. The molecule has 0 aliphatic carbocycles. The predicted octanol–water partition coefficient (Wildman–Crippen LogP) is 3.11. The molecular weight excluding hydrogens is 386 g/mol. The molecule has 1 aromatic heterocycles. The molecule has 0 saturated carbocycles. The molecular formula is C21H25N5O2S. The number of rotatable bonds is 7. The normalized spacial score (nSPS) is 11.9. The zero-order chi connectivity index (χ0) is 21.0. The van der Waals surface area contributed by atoms with Crippen LogP contribution in [0.15, 0.2) is 53.7 Å². The van der Waals surface area contributed by atoms with E-state index in [2.05, 4.69) is 16.3 Å². The first kappa shape index (κ1) is 20.7. The number of likely N-dealkylation sites (N-methyl/N-ethyl adjacent to an activating group) is 1. The Balaban J connectivity index is 1.77. The van der Waals surface area contributed by atoms with Crippen molar-refractivity contribution in [2.24, 2.45) is 0 Å². The van der Waals surface area contributed by atoms with Gasteiger partial charge in [0, 0.05) is 14.1 Å². The van der Waals surface area contributed by atoms with Crippen molar-refractivity contribution in [3.8, 4) is 5.75 Å². The number of carbonyl (C=O) groups excluding carboxylic acids is 1. The van der Waals surface area contributed by atoms with E-state index >= 15 is 0 Å². The van der Waals surface area contributed by atoms with Gasteiger partial charge in [-0.3, -0.25) is 4.79 Å². The van der Waals surface area contributed by atoms with Gasteiger partial charge in [0.25, 0.3) is 0 Å². The Bertz CT molecular complexity index is 988. The fraction of sp³-hybridized carbons (Fsp3) is 0.286. The van der Waals surface area contributed by atoms with E-state index in [4.69, 9.17) is 10.6 Å². The van der Waals surface area contributed by atoms with Gasteiger partial charge in [-0.2, -0.15) is 0 Å². The molecule has 0 unspecified atom stereocenters. The summed E-state index contributed by atoms with van der Waals surface area (Å²) in [5, 5.41) is 8.30. The molecule has 0 saturated heterocycles. The molecule has 0 bridgehead atoms. The number of thioether (sulfide) groups is 1. The molecule has 2 N–H and O–H groups in total. The minimum atomic E-state index is -0.467. The monoisotopic (exact) mass is 411 g/mol. The van der Waals surface area contributed by atoms with E-state index in [0.717, 1.165) is 16.9 Å². The molecule has 0 radical (unpaired) electrons. The fourth-order valence-corrected chi connectivity index (χ4v) is 3.94. The highest BCUT2D eigenvalue weighted by Gasteiger charge is 2.26. The molecule has 152 valence electrons. The molecule has 3 aromatic rings. The van der Waals surface area contributed by atoms with Crippen LogP contribution in [0.2, 0.25) is 0 Å². The number of benzene rings is 2. The second-order valence-electron chi connectivity index (χ2n) is 6.97. The molecule has 1 atom stereocenters. The van der Waals surface area contributed by atoms with Gasteiger partial charge in [0.05, 0.1) is 0 Å². The summed E-state index contributed by atoms with van der Waals surface area (Å²) in [7, 11) is 3.46. The first-order valence-corrected chi connectivity index (χ1v) is 10.1. The number of hydrogen-bond donors (Lipinski definition) is 1. The van der Waals surface area contributed by atoms with Gasteiger partial charge >= 0.3 is 0 Å². The molecule has 0 aliphatic heterocycles. The summed E-state index contributed by atoms with van der Waals surface area (Å²) >= 11 is 1.27. The number of nitrogens with zero attached hydrogens (tertiary/aromatic N) is 4. The van der Waals surface area contributed by atoms with Gasteiger partial charge < -0.3 is 15.5 Å². The lowest BCUT2D eigenvalue weighted by molar-refractivity contribution is -0.128. The lowest BCUT2D eigenvalue weighted by Crippen LogP contribution is -2.27. The second-order valence-corrected chi connectivity index (χ2v) is 8.04. The minimum Gasteiger partial charge on any atom is -0.485 e. The van der Waals surface area contributed by atoms with Gasteiger partial charge in [0.15, 0.2) is 5.82 Å². The van der Waals surface area contributed by atoms with Gasteiger partial charge in [-0.25, -0.2) is 4.68 Å². The van der Waals surface area contributed by atoms with Crippen molar-refractivity contribution in [2.45, 2.75) is 30.9 Å². The molecule has 1 heterocycles. The molecule has 8 heteroatoms. The van der Waals surface area contributed by atoms with Crippen LogP contribution in [0.3, 0.4) is 0 Å². The Hall–Kier alpha value is -3.00. The molecule has 0 aliphatic rings. The lowest BCUT2D eigenvalue weighted by Gasteiger charge is -2.20. The summed E-state index contributed by atoms with van der Waals surface area (Å²) in [6.07, 6.45) is 0. The predicted molar refractivity (Wildman–Crippen MR) is 114 cm³/mol. The van der Waals surface area contributed by atoms with Crippen LogP contribution in [-0.4, -0.2) is 39.8 Å². The Labute approximate surface area is 174 Å². The number of aromatic nitrogens is 3. The topological polar surface area (TPSA) is 86.3 Å². The molecule has 1 amide bonds. The van der Waals surface area contributed by atoms with Crippen LogP contribution in [0, 0.1) is 13.8 Å². The summed E-state index contributed by atoms with van der Waals surface area (Å²) in [4.78, 5) is 14.3. The van der Waals surface area contributed by atoms with Crippen molar-refractivity contribution in [3.05, 3.63) is 71.0 Å². The summed E-state index contributed by atoms with van der Waals surface area (Å²) < 4.78 is 7.24. The van der Waals surface area contributed by atoms with Crippen molar-refractivity contribution in [1.29, 1.82) is 0 Å². The number of hydrogen-bond acceptors (Lipinski definition) is 6. The molecule has 0 spiro atoms. The zero-order valence-corrected chi connectivity index (χ0v) is 17.8. The van der Waals surface area contributed by atoms with Crippen molar-refractivity contribution in [3.63, 3.8) is 0 Å². The quantitative estimate of drug-likeness (QED) is 0.475. The Morgan fingerprint density at radius 1 is 1.17 bits per heavy atom. The van der Waals surface area contributed by atoms with E-state index < -0.39 is 5.25 Å². The van der Waals surface area contributed by atoms with Gasteiger partial charge in [0.2, 0.25) is 11.1 Å². The average Bonchev–Trinajstić information content (AvgIpc) is 3.05. The first-order valence-electron chi connectivity index (χ1n) is 9.19. The van der Waals surface area contributed by atoms with Gasteiger partial charge in [-0.1, -0.05) is 59.8 Å². The van der Waals surface area contributed by atoms with E-state index in [-0.39, 0.29) is 12.5 Å². The van der Waals surface area contributed by atoms with E-state index in [9.17, 15) is 4.79 Å². The number of ether oxygens (including phenoxy) is 1. The fourth-order valence-electron chi connectivity index (χ4n) is 2.82. The third-order valence-electron chi connectivity index (χ3n) is 4.41. The summed E-state index contributed by atoms with van der Waals surface area (Å²) in [5.74, 6) is 7.41. The smallest absolute Gasteiger partial charge is 0.240 e. The largest absolute Gasteiger partial charge is 0.485 e. The number of nitrogens with two attached hydrogens (primary N) is 1. The van der Waals surface area contributed by atoms with E-state index in [1.54, 1.807) is 19.0 Å². The molecule has 3 rings (SSSR count). The van der Waals surface area contributed by atoms with E-state index in [1.165, 1.54) is 22.0 Å². The van der Waals surface area contributed by atoms with Gasteiger partial charge in [0.1, 0.15) is 17.6 Å². The Morgan fingerprint density at radius 2 is 1.90 bits per heavy atom. The second kappa shape index (κ2) is 9.00. The number of carbonyl (C=O) groups is 1. The standard InChI is InChI=1S/C21H25N5O2S/c1-14-10-11-17(15(2)12-14)28-13-18-23-24-21(26(18)22)29-19(20(27)25(3)4)16-8-6-5-7-9-16/h5-12,19H,13,22H2,1-4H3/t19-/m1/s1. The zero-order valence-electron chi connectivity index (χ0n) is 17.0. The third-order valence-corrected chi connectivity index (χ3v) is 5.61.